The maximum Gasteiger partial charge on any atom is 0.357 e. The number of esters is 1. The minimum absolute atomic E-state index is 0.0502. The maximum atomic E-state index is 11.9. The van der Waals surface area contributed by atoms with Crippen LogP contribution in [-0.4, -0.2) is 55.0 Å². The average Bonchev–Trinajstić information content (AvgIpc) is 2.35. The summed E-state index contributed by atoms with van der Waals surface area (Å²) < 4.78 is 28.6. The Morgan fingerprint density at radius 1 is 1.35 bits per heavy atom. The van der Waals surface area contributed by atoms with E-state index in [-0.39, 0.29) is 12.2 Å². The summed E-state index contributed by atoms with van der Waals surface area (Å²) in [7, 11) is -2.15. The number of hydrogen-bond donors (Lipinski definition) is 1. The number of amides is 1. The summed E-state index contributed by atoms with van der Waals surface area (Å²) >= 11 is 0. The van der Waals surface area contributed by atoms with Crippen LogP contribution in [0.4, 0.5) is 5.69 Å². The second kappa shape index (κ2) is 7.05. The molecule has 1 aromatic rings. The van der Waals surface area contributed by atoms with E-state index in [0.29, 0.717) is 5.69 Å². The first-order valence-corrected chi connectivity index (χ1v) is 8.64. The highest BCUT2D eigenvalue weighted by Crippen LogP contribution is 2.14. The molecule has 0 spiro atoms. The van der Waals surface area contributed by atoms with Crippen molar-refractivity contribution in [1.82, 2.24) is 9.29 Å². The number of carbonyl (C=O) groups excluding carboxylic acids is 2. The van der Waals surface area contributed by atoms with Crippen LogP contribution < -0.4 is 5.32 Å². The number of likely N-dealkylation sites (N-methyl/N-ethyl adjacent to an activating group) is 1. The lowest BCUT2D eigenvalue weighted by atomic mass is 10.2. The second-order valence-electron chi connectivity index (χ2n) is 6.00. The van der Waals surface area contributed by atoms with Gasteiger partial charge < -0.3 is 10.1 Å². The molecule has 0 aromatic carbocycles. The van der Waals surface area contributed by atoms with Crippen molar-refractivity contribution >= 4 is 27.6 Å². The van der Waals surface area contributed by atoms with Crippen LogP contribution in [0.2, 0.25) is 0 Å². The Bertz CT molecular complexity index is 695. The summed E-state index contributed by atoms with van der Waals surface area (Å²) in [5.74, 6) is -1.14. The summed E-state index contributed by atoms with van der Waals surface area (Å²) in [6.07, 6.45) is 2.36. The van der Waals surface area contributed by atoms with Gasteiger partial charge in [-0.05, 0) is 32.9 Å². The zero-order valence-corrected chi connectivity index (χ0v) is 14.6. The number of nitrogens with zero attached hydrogens (tertiary/aromatic N) is 2. The largest absolute Gasteiger partial charge is 0.455 e. The molecule has 9 heteroatoms. The van der Waals surface area contributed by atoms with E-state index in [1.165, 1.54) is 25.4 Å². The molecule has 0 bridgehead atoms. The molecule has 23 heavy (non-hydrogen) atoms. The number of sulfonamides is 1. The zero-order valence-electron chi connectivity index (χ0n) is 13.8. The molecule has 0 aliphatic carbocycles. The summed E-state index contributed by atoms with van der Waals surface area (Å²) in [6.45, 7) is 4.87. The molecule has 1 N–H and O–H groups in total. The van der Waals surface area contributed by atoms with Gasteiger partial charge >= 0.3 is 5.97 Å². The fourth-order valence-electron chi connectivity index (χ4n) is 1.47. The number of carbonyl (C=O) groups is 2. The SMILES string of the molecule is CN(CC(=O)Nc1ccnc(C(=O)OC(C)(C)C)c1)S(C)(=O)=O. The van der Waals surface area contributed by atoms with Crippen molar-refractivity contribution < 1.29 is 22.7 Å². The van der Waals surface area contributed by atoms with Crippen LogP contribution in [0.15, 0.2) is 18.3 Å². The molecule has 8 nitrogen and oxygen atoms in total. The fraction of sp³-hybridized carbons (Fsp3) is 0.500. The summed E-state index contributed by atoms with van der Waals surface area (Å²) in [5.41, 5.74) is -0.280. The molecule has 128 valence electrons. The number of anilines is 1. The molecule has 1 heterocycles. The normalized spacial score (nSPS) is 12.1. The van der Waals surface area contributed by atoms with Crippen molar-refractivity contribution in [3.63, 3.8) is 0 Å². The second-order valence-corrected chi connectivity index (χ2v) is 8.09. The third-order valence-corrected chi connectivity index (χ3v) is 3.85. The highest BCUT2D eigenvalue weighted by atomic mass is 32.2. The minimum atomic E-state index is -3.45. The van der Waals surface area contributed by atoms with E-state index in [1.807, 2.05) is 0 Å². The van der Waals surface area contributed by atoms with Gasteiger partial charge in [0, 0.05) is 18.9 Å². The lowest BCUT2D eigenvalue weighted by Gasteiger charge is -2.19. The number of aromatic nitrogens is 1. The lowest BCUT2D eigenvalue weighted by molar-refractivity contribution is -0.116. The van der Waals surface area contributed by atoms with Crippen LogP contribution in [-0.2, 0) is 19.6 Å². The standard InChI is InChI=1S/C14H21N3O5S/c1-14(2,3)22-13(19)11-8-10(6-7-15-11)16-12(18)9-17(4)23(5,20)21/h6-8H,9H2,1-5H3,(H,15,16,18). The molecule has 0 radical (unpaired) electrons. The first kappa shape index (κ1) is 19.0. The quantitative estimate of drug-likeness (QED) is 0.795. The highest BCUT2D eigenvalue weighted by Gasteiger charge is 2.20. The first-order chi connectivity index (χ1) is 10.4. The molecule has 0 unspecified atom stereocenters. The first-order valence-electron chi connectivity index (χ1n) is 6.79. The van der Waals surface area contributed by atoms with Gasteiger partial charge in [0.2, 0.25) is 15.9 Å². The van der Waals surface area contributed by atoms with Crippen LogP contribution in [0.3, 0.4) is 0 Å². The highest BCUT2D eigenvalue weighted by molar-refractivity contribution is 7.88. The van der Waals surface area contributed by atoms with Gasteiger partial charge in [0.25, 0.3) is 0 Å². The van der Waals surface area contributed by atoms with E-state index >= 15 is 0 Å². The molecule has 0 saturated carbocycles. The fourth-order valence-corrected chi connectivity index (χ4v) is 1.82. The van der Waals surface area contributed by atoms with E-state index in [4.69, 9.17) is 4.74 Å². The van der Waals surface area contributed by atoms with E-state index in [1.54, 1.807) is 20.8 Å². The van der Waals surface area contributed by atoms with Crippen molar-refractivity contribution in [3.8, 4) is 0 Å². The van der Waals surface area contributed by atoms with E-state index in [9.17, 15) is 18.0 Å². The van der Waals surface area contributed by atoms with Gasteiger partial charge in [-0.15, -0.1) is 0 Å². The molecular formula is C14H21N3O5S. The van der Waals surface area contributed by atoms with Gasteiger partial charge in [-0.1, -0.05) is 0 Å². The van der Waals surface area contributed by atoms with E-state index in [2.05, 4.69) is 10.3 Å². The third kappa shape index (κ3) is 6.74. The molecule has 0 aliphatic heterocycles. The Kier molecular flexibility index (Phi) is 5.84. The molecule has 0 atom stereocenters. The maximum absolute atomic E-state index is 11.9. The molecule has 1 rings (SSSR count). The van der Waals surface area contributed by atoms with Crippen molar-refractivity contribution in [2.45, 2.75) is 26.4 Å². The lowest BCUT2D eigenvalue weighted by Crippen LogP contribution is -2.34. The predicted octanol–water partition coefficient (Wildman–Crippen LogP) is 0.867. The zero-order chi connectivity index (χ0) is 17.8. The Hall–Kier alpha value is -2.00. The van der Waals surface area contributed by atoms with Gasteiger partial charge in [0.05, 0.1) is 12.8 Å². The van der Waals surface area contributed by atoms with Crippen LogP contribution in [0.25, 0.3) is 0 Å². The summed E-state index contributed by atoms with van der Waals surface area (Å²) in [5, 5.41) is 2.51. The molecule has 0 saturated heterocycles. The molecule has 0 aliphatic rings. The average molecular weight is 343 g/mol. The molecule has 1 amide bonds. The summed E-state index contributed by atoms with van der Waals surface area (Å²) in [6, 6.07) is 2.86. The van der Waals surface area contributed by atoms with Crippen LogP contribution in [0.5, 0.6) is 0 Å². The number of pyridine rings is 1. The van der Waals surface area contributed by atoms with Gasteiger partial charge in [0.15, 0.2) is 0 Å². The van der Waals surface area contributed by atoms with Crippen LogP contribution >= 0.6 is 0 Å². The Labute approximate surface area is 135 Å². The molecule has 1 aromatic heterocycles. The monoisotopic (exact) mass is 343 g/mol. The number of nitrogens with one attached hydrogen (secondary N) is 1. The number of ether oxygens (including phenoxy) is 1. The molecular weight excluding hydrogens is 322 g/mol. The van der Waals surface area contributed by atoms with Crippen molar-refractivity contribution in [2.75, 3.05) is 25.2 Å². The smallest absolute Gasteiger partial charge is 0.357 e. The Balaban J connectivity index is 2.78. The third-order valence-electron chi connectivity index (χ3n) is 2.58. The van der Waals surface area contributed by atoms with Crippen LogP contribution in [0.1, 0.15) is 31.3 Å². The van der Waals surface area contributed by atoms with E-state index in [0.717, 1.165) is 10.6 Å². The number of rotatable bonds is 5. The van der Waals surface area contributed by atoms with Crippen molar-refractivity contribution in [2.24, 2.45) is 0 Å². The van der Waals surface area contributed by atoms with Gasteiger partial charge in [0.1, 0.15) is 11.3 Å². The Morgan fingerprint density at radius 3 is 2.48 bits per heavy atom. The molecule has 0 fully saturated rings. The minimum Gasteiger partial charge on any atom is -0.455 e. The Morgan fingerprint density at radius 2 is 1.96 bits per heavy atom. The summed E-state index contributed by atoms with van der Waals surface area (Å²) in [4.78, 5) is 27.6. The van der Waals surface area contributed by atoms with Crippen molar-refractivity contribution in [3.05, 3.63) is 24.0 Å². The van der Waals surface area contributed by atoms with E-state index < -0.39 is 27.5 Å². The van der Waals surface area contributed by atoms with Crippen LogP contribution in [0, 0.1) is 0 Å². The van der Waals surface area contributed by atoms with Gasteiger partial charge in [-0.25, -0.2) is 18.2 Å². The number of hydrogen-bond acceptors (Lipinski definition) is 6. The van der Waals surface area contributed by atoms with Gasteiger partial charge in [-0.2, -0.15) is 4.31 Å². The van der Waals surface area contributed by atoms with Crippen molar-refractivity contribution in [1.29, 1.82) is 0 Å². The topological polar surface area (TPSA) is 106 Å². The van der Waals surface area contributed by atoms with Gasteiger partial charge in [-0.3, -0.25) is 4.79 Å². The predicted molar refractivity (Wildman–Crippen MR) is 85.5 cm³/mol.